The Morgan fingerprint density at radius 3 is 2.41 bits per heavy atom. The molecule has 3 aliphatic rings. The number of fused-ring (bicyclic) bond motifs is 1. The van der Waals surface area contributed by atoms with Gasteiger partial charge in [-0.05, 0) is 53.7 Å². The maximum absolute atomic E-state index is 10.9. The minimum atomic E-state index is -0.751. The second-order valence-corrected chi connectivity index (χ2v) is 9.05. The highest BCUT2D eigenvalue weighted by Gasteiger charge is 2.42. The molecule has 1 aromatic rings. The number of aromatic hydroxyl groups is 2. The van der Waals surface area contributed by atoms with Gasteiger partial charge in [0.05, 0.1) is 18.3 Å². The van der Waals surface area contributed by atoms with E-state index in [1.807, 2.05) is 12.2 Å². The minimum absolute atomic E-state index is 0.0156. The average molecular weight is 443 g/mol. The Bertz CT molecular complexity index is 1000. The normalized spacial score (nSPS) is 34.7. The van der Waals surface area contributed by atoms with Gasteiger partial charge < -0.3 is 35.4 Å². The standard InChI is InChI=1S/C25H30O7/c1-12-24(30)16(10-23(32-2)25(12)31)5-14-8-19-15(6-17(26)11-21(19)28)7-18(14)13-3-4-20(27)22(29)9-13/h3-4,6-9,11-12,15-16,19,23-31H,5,10H2,1-2H3. The van der Waals surface area contributed by atoms with Gasteiger partial charge >= 0.3 is 0 Å². The van der Waals surface area contributed by atoms with Gasteiger partial charge in [-0.3, -0.25) is 0 Å². The van der Waals surface area contributed by atoms with E-state index in [2.05, 4.69) is 0 Å². The molecule has 1 aromatic carbocycles. The molecule has 1 saturated carbocycles. The molecule has 0 amide bonds. The molecular formula is C25H30O7. The number of rotatable bonds is 4. The molecule has 7 nitrogen and oxygen atoms in total. The third kappa shape index (κ3) is 4.03. The molecule has 0 aliphatic heterocycles. The molecule has 0 aromatic heterocycles. The Morgan fingerprint density at radius 2 is 1.72 bits per heavy atom. The number of allylic oxidation sites excluding steroid dienone is 6. The minimum Gasteiger partial charge on any atom is -0.512 e. The molecule has 0 radical (unpaired) electrons. The van der Waals surface area contributed by atoms with Crippen LogP contribution >= 0.6 is 0 Å². The summed E-state index contributed by atoms with van der Waals surface area (Å²) in [6.07, 6.45) is 5.92. The van der Waals surface area contributed by atoms with E-state index in [-0.39, 0.29) is 52.8 Å². The molecule has 0 heterocycles. The molecule has 0 bridgehead atoms. The quantitative estimate of drug-likeness (QED) is 0.394. The van der Waals surface area contributed by atoms with Crippen molar-refractivity contribution in [1.82, 2.24) is 0 Å². The van der Waals surface area contributed by atoms with E-state index in [9.17, 15) is 30.6 Å². The first-order valence-corrected chi connectivity index (χ1v) is 10.8. The van der Waals surface area contributed by atoms with Gasteiger partial charge in [-0.15, -0.1) is 0 Å². The lowest BCUT2D eigenvalue weighted by Crippen LogP contribution is -2.49. The van der Waals surface area contributed by atoms with Crippen molar-refractivity contribution in [3.63, 3.8) is 0 Å². The fraction of sp³-hybridized carbons (Fsp3) is 0.440. The van der Waals surface area contributed by atoms with Crippen molar-refractivity contribution in [2.24, 2.45) is 23.7 Å². The van der Waals surface area contributed by atoms with E-state index < -0.39 is 12.2 Å². The van der Waals surface area contributed by atoms with Gasteiger partial charge in [-0.25, -0.2) is 0 Å². The SMILES string of the molecule is COC1CC(CC2=CC3C(O)=CC(O)=CC3C=C2c2ccc(O)c(O)c2)C(O)C(C)C1O. The molecule has 4 rings (SSSR count). The largest absolute Gasteiger partial charge is 0.512 e. The van der Waals surface area contributed by atoms with E-state index >= 15 is 0 Å². The highest BCUT2D eigenvalue weighted by atomic mass is 16.5. The van der Waals surface area contributed by atoms with Crippen LogP contribution in [-0.4, -0.2) is 56.1 Å². The first kappa shape index (κ1) is 22.5. The zero-order valence-corrected chi connectivity index (χ0v) is 18.1. The number of aliphatic hydroxyl groups is 4. The second-order valence-electron chi connectivity index (χ2n) is 9.05. The van der Waals surface area contributed by atoms with Crippen LogP contribution in [0.2, 0.25) is 0 Å². The van der Waals surface area contributed by atoms with Crippen molar-refractivity contribution in [3.05, 3.63) is 65.2 Å². The van der Waals surface area contributed by atoms with E-state index in [1.54, 1.807) is 26.2 Å². The van der Waals surface area contributed by atoms with Crippen LogP contribution in [-0.2, 0) is 4.74 Å². The van der Waals surface area contributed by atoms with Gasteiger partial charge in [0.25, 0.3) is 0 Å². The lowest BCUT2D eigenvalue weighted by atomic mass is 9.70. The van der Waals surface area contributed by atoms with Gasteiger partial charge in [-0.1, -0.05) is 25.1 Å². The van der Waals surface area contributed by atoms with Crippen LogP contribution in [0.5, 0.6) is 11.5 Å². The number of methoxy groups -OCH3 is 1. The number of hydrogen-bond donors (Lipinski definition) is 6. The summed E-state index contributed by atoms with van der Waals surface area (Å²) in [5.41, 5.74) is 2.34. The van der Waals surface area contributed by atoms with Crippen LogP contribution < -0.4 is 0 Å². The number of aliphatic hydroxyl groups excluding tert-OH is 4. The number of phenolic OH excluding ortho intramolecular Hbond substituents is 2. The Labute approximate surface area is 186 Å². The smallest absolute Gasteiger partial charge is 0.158 e. The molecule has 0 saturated heterocycles. The van der Waals surface area contributed by atoms with E-state index in [0.717, 1.165) is 11.1 Å². The molecular weight excluding hydrogens is 412 g/mol. The summed E-state index contributed by atoms with van der Waals surface area (Å²) in [6.45, 7) is 1.80. The van der Waals surface area contributed by atoms with E-state index in [1.165, 1.54) is 18.2 Å². The number of phenols is 2. The summed E-state index contributed by atoms with van der Waals surface area (Å²) < 4.78 is 5.46. The van der Waals surface area contributed by atoms with Crippen molar-refractivity contribution in [2.45, 2.75) is 38.1 Å². The summed E-state index contributed by atoms with van der Waals surface area (Å²) in [5.74, 6) is -1.60. The molecule has 3 aliphatic carbocycles. The average Bonchev–Trinajstić information content (AvgIpc) is 2.76. The first-order chi connectivity index (χ1) is 15.2. The Kier molecular flexibility index (Phi) is 6.07. The van der Waals surface area contributed by atoms with Crippen molar-refractivity contribution < 1.29 is 35.4 Å². The molecule has 7 unspecified atom stereocenters. The van der Waals surface area contributed by atoms with E-state index in [4.69, 9.17) is 4.74 Å². The number of ether oxygens (including phenoxy) is 1. The topological polar surface area (TPSA) is 131 Å². The molecule has 172 valence electrons. The lowest BCUT2D eigenvalue weighted by Gasteiger charge is -2.42. The van der Waals surface area contributed by atoms with Crippen LogP contribution in [0, 0.1) is 23.7 Å². The van der Waals surface area contributed by atoms with Crippen LogP contribution in [0.15, 0.2) is 59.6 Å². The summed E-state index contributed by atoms with van der Waals surface area (Å²) in [7, 11) is 1.55. The first-order valence-electron chi connectivity index (χ1n) is 10.8. The highest BCUT2D eigenvalue weighted by Crippen LogP contribution is 2.45. The maximum Gasteiger partial charge on any atom is 0.158 e. The van der Waals surface area contributed by atoms with Crippen molar-refractivity contribution in [2.75, 3.05) is 7.11 Å². The van der Waals surface area contributed by atoms with Gasteiger partial charge in [0.15, 0.2) is 11.5 Å². The van der Waals surface area contributed by atoms with Gasteiger partial charge in [-0.2, -0.15) is 0 Å². The van der Waals surface area contributed by atoms with Crippen LogP contribution in [0.25, 0.3) is 5.57 Å². The van der Waals surface area contributed by atoms with Crippen LogP contribution in [0.3, 0.4) is 0 Å². The molecule has 6 N–H and O–H groups in total. The maximum atomic E-state index is 10.9. The monoisotopic (exact) mass is 442 g/mol. The Hall–Kier alpha value is -2.74. The summed E-state index contributed by atoms with van der Waals surface area (Å²) in [4.78, 5) is 0. The molecule has 7 atom stereocenters. The van der Waals surface area contributed by atoms with Crippen LogP contribution in [0.1, 0.15) is 25.3 Å². The Balaban J connectivity index is 1.72. The third-order valence-electron chi connectivity index (χ3n) is 7.05. The highest BCUT2D eigenvalue weighted by molar-refractivity contribution is 5.82. The van der Waals surface area contributed by atoms with Crippen molar-refractivity contribution in [1.29, 1.82) is 0 Å². The van der Waals surface area contributed by atoms with Crippen LogP contribution in [0.4, 0.5) is 0 Å². The molecule has 7 heteroatoms. The summed E-state index contributed by atoms with van der Waals surface area (Å²) in [5, 5.41) is 61.5. The lowest BCUT2D eigenvalue weighted by molar-refractivity contribution is -0.127. The third-order valence-corrected chi connectivity index (χ3v) is 7.05. The van der Waals surface area contributed by atoms with Gasteiger partial charge in [0.2, 0.25) is 0 Å². The second kappa shape index (κ2) is 8.65. The Morgan fingerprint density at radius 1 is 0.969 bits per heavy atom. The van der Waals surface area contributed by atoms with E-state index in [0.29, 0.717) is 18.4 Å². The predicted molar refractivity (Wildman–Crippen MR) is 119 cm³/mol. The zero-order valence-electron chi connectivity index (χ0n) is 18.1. The fourth-order valence-corrected chi connectivity index (χ4v) is 5.17. The zero-order chi connectivity index (χ0) is 23.2. The van der Waals surface area contributed by atoms with Crippen molar-refractivity contribution >= 4 is 5.57 Å². The molecule has 1 fully saturated rings. The van der Waals surface area contributed by atoms with Gasteiger partial charge in [0.1, 0.15) is 11.5 Å². The van der Waals surface area contributed by atoms with Crippen molar-refractivity contribution in [3.8, 4) is 11.5 Å². The predicted octanol–water partition coefficient (Wildman–Crippen LogP) is 3.33. The fourth-order valence-electron chi connectivity index (χ4n) is 5.17. The van der Waals surface area contributed by atoms with Gasteiger partial charge in [0, 0.05) is 30.9 Å². The number of hydrogen-bond acceptors (Lipinski definition) is 7. The summed E-state index contributed by atoms with van der Waals surface area (Å²) in [6, 6.07) is 4.58. The molecule has 0 spiro atoms. The number of benzene rings is 1. The summed E-state index contributed by atoms with van der Waals surface area (Å²) >= 11 is 0. The molecule has 32 heavy (non-hydrogen) atoms.